The summed E-state index contributed by atoms with van der Waals surface area (Å²) in [6, 6.07) is 1.91. The second-order valence-electron chi connectivity index (χ2n) is 4.06. The number of hydrogen-bond acceptors (Lipinski definition) is 3. The van der Waals surface area contributed by atoms with Crippen molar-refractivity contribution in [3.05, 3.63) is 24.0 Å². The Morgan fingerprint density at radius 2 is 2.07 bits per heavy atom. The fourth-order valence-corrected chi connectivity index (χ4v) is 2.59. The van der Waals surface area contributed by atoms with Gasteiger partial charge >= 0.3 is 0 Å². The molecule has 0 amide bonds. The van der Waals surface area contributed by atoms with Gasteiger partial charge in [-0.15, -0.1) is 0 Å². The minimum atomic E-state index is -3.12. The molecule has 2 rings (SSSR count). The Balaban J connectivity index is 2.19. The molecule has 0 bridgehead atoms. The van der Waals surface area contributed by atoms with Crippen molar-refractivity contribution in [2.24, 2.45) is 0 Å². The van der Waals surface area contributed by atoms with Crippen LogP contribution in [0.15, 0.2) is 18.5 Å². The van der Waals surface area contributed by atoms with Crippen LogP contribution < -0.4 is 5.32 Å². The maximum absolute atomic E-state index is 11.3. The van der Waals surface area contributed by atoms with Gasteiger partial charge in [0.25, 0.3) is 0 Å². The normalized spacial score (nSPS) is 19.3. The van der Waals surface area contributed by atoms with Gasteiger partial charge in [0.1, 0.15) is 0 Å². The molecule has 1 aliphatic heterocycles. The molecule has 84 valence electrons. The van der Waals surface area contributed by atoms with E-state index in [1.807, 2.05) is 6.07 Å². The van der Waals surface area contributed by atoms with Gasteiger partial charge in [0.15, 0.2) is 0 Å². The van der Waals surface area contributed by atoms with Gasteiger partial charge < -0.3 is 5.32 Å². The van der Waals surface area contributed by atoms with Gasteiger partial charge in [0.2, 0.25) is 10.0 Å². The van der Waals surface area contributed by atoms with E-state index in [9.17, 15) is 8.42 Å². The van der Waals surface area contributed by atoms with Crippen LogP contribution >= 0.6 is 0 Å². The second kappa shape index (κ2) is 3.98. The van der Waals surface area contributed by atoms with E-state index >= 15 is 0 Å². The Labute approximate surface area is 90.3 Å². The number of nitrogens with one attached hydrogen (secondary N) is 1. The van der Waals surface area contributed by atoms with Crippen LogP contribution in [0.25, 0.3) is 0 Å². The molecule has 0 spiro atoms. The van der Waals surface area contributed by atoms with Crippen LogP contribution in [0.2, 0.25) is 0 Å². The van der Waals surface area contributed by atoms with Crippen molar-refractivity contribution in [3.8, 4) is 0 Å². The highest BCUT2D eigenvalue weighted by atomic mass is 32.2. The summed E-state index contributed by atoms with van der Waals surface area (Å²) >= 11 is 0. The number of rotatable bonds is 2. The van der Waals surface area contributed by atoms with Crippen molar-refractivity contribution in [2.75, 3.05) is 19.3 Å². The summed E-state index contributed by atoms with van der Waals surface area (Å²) < 4.78 is 23.9. The van der Waals surface area contributed by atoms with Crippen molar-refractivity contribution in [1.29, 1.82) is 0 Å². The van der Waals surface area contributed by atoms with Crippen LogP contribution in [0.4, 0.5) is 0 Å². The molecule has 0 aromatic carbocycles. The van der Waals surface area contributed by atoms with E-state index in [-0.39, 0.29) is 0 Å². The monoisotopic (exact) mass is 228 g/mol. The van der Waals surface area contributed by atoms with E-state index in [4.69, 9.17) is 0 Å². The molecule has 0 atom stereocenters. The lowest BCUT2D eigenvalue weighted by Crippen LogP contribution is -2.26. The van der Waals surface area contributed by atoms with Gasteiger partial charge in [0, 0.05) is 12.4 Å². The molecule has 5 heteroatoms. The minimum absolute atomic E-state index is 0.509. The molecule has 2 heterocycles. The van der Waals surface area contributed by atoms with Gasteiger partial charge in [0.05, 0.1) is 6.26 Å². The molecule has 1 saturated heterocycles. The highest BCUT2D eigenvalue weighted by Gasteiger charge is 2.17. The maximum atomic E-state index is 11.3. The van der Waals surface area contributed by atoms with E-state index in [1.165, 1.54) is 10.2 Å². The molecule has 0 unspecified atom stereocenters. The lowest BCUT2D eigenvalue weighted by molar-refractivity contribution is 0.460. The van der Waals surface area contributed by atoms with Crippen LogP contribution in [0, 0.1) is 0 Å². The van der Waals surface area contributed by atoms with Crippen LogP contribution in [0.1, 0.15) is 24.3 Å². The van der Waals surface area contributed by atoms with E-state index in [2.05, 4.69) is 5.32 Å². The average molecular weight is 228 g/mol. The van der Waals surface area contributed by atoms with Crippen LogP contribution in [-0.4, -0.2) is 31.7 Å². The number of nitrogens with zero attached hydrogens (tertiary/aromatic N) is 1. The minimum Gasteiger partial charge on any atom is -0.317 e. The third-order valence-electron chi connectivity index (χ3n) is 2.88. The fraction of sp³-hybridized carbons (Fsp3) is 0.600. The Morgan fingerprint density at radius 1 is 1.40 bits per heavy atom. The van der Waals surface area contributed by atoms with Crippen molar-refractivity contribution >= 4 is 10.0 Å². The fourth-order valence-electron chi connectivity index (χ4n) is 2.00. The Bertz CT molecular complexity index is 430. The predicted octanol–water partition coefficient (Wildman–Crippen LogP) is 0.763. The Kier molecular flexibility index (Phi) is 2.84. The molecule has 1 fully saturated rings. The van der Waals surface area contributed by atoms with Gasteiger partial charge in [-0.05, 0) is 43.5 Å². The summed E-state index contributed by atoms with van der Waals surface area (Å²) in [6.07, 6.45) is 6.78. The quantitative estimate of drug-likeness (QED) is 0.813. The van der Waals surface area contributed by atoms with Gasteiger partial charge in [-0.2, -0.15) is 0 Å². The van der Waals surface area contributed by atoms with Crippen LogP contribution in [-0.2, 0) is 10.0 Å². The standard InChI is InChI=1S/C10H16N2O2S/c1-15(13,14)12-7-4-10(8-12)9-2-5-11-6-3-9/h4,7-9,11H,2-3,5-6H2,1H3. The van der Waals surface area contributed by atoms with Gasteiger partial charge in [-0.3, -0.25) is 3.97 Å². The third-order valence-corrected chi connectivity index (χ3v) is 3.88. The number of hydrogen-bond donors (Lipinski definition) is 1. The number of piperidine rings is 1. The van der Waals surface area contributed by atoms with E-state index in [1.54, 1.807) is 12.4 Å². The van der Waals surface area contributed by atoms with E-state index < -0.39 is 10.0 Å². The molecule has 4 nitrogen and oxygen atoms in total. The number of aromatic nitrogens is 1. The van der Waals surface area contributed by atoms with Gasteiger partial charge in [-0.1, -0.05) is 0 Å². The molecule has 0 radical (unpaired) electrons. The summed E-state index contributed by atoms with van der Waals surface area (Å²) in [7, 11) is -3.12. The first-order chi connectivity index (χ1) is 7.07. The predicted molar refractivity (Wildman–Crippen MR) is 59.5 cm³/mol. The van der Waals surface area contributed by atoms with Crippen molar-refractivity contribution in [2.45, 2.75) is 18.8 Å². The molecule has 15 heavy (non-hydrogen) atoms. The molecule has 1 aliphatic rings. The summed E-state index contributed by atoms with van der Waals surface area (Å²) in [5.41, 5.74) is 1.14. The molecule has 1 aromatic heterocycles. The highest BCUT2D eigenvalue weighted by molar-refractivity contribution is 7.89. The van der Waals surface area contributed by atoms with Crippen molar-refractivity contribution < 1.29 is 8.42 Å². The van der Waals surface area contributed by atoms with Crippen LogP contribution in [0.3, 0.4) is 0 Å². The first kappa shape index (κ1) is 10.7. The molecule has 1 N–H and O–H groups in total. The lowest BCUT2D eigenvalue weighted by atomic mass is 9.92. The largest absolute Gasteiger partial charge is 0.317 e. The van der Waals surface area contributed by atoms with Gasteiger partial charge in [-0.25, -0.2) is 8.42 Å². The highest BCUT2D eigenvalue weighted by Crippen LogP contribution is 2.25. The smallest absolute Gasteiger partial charge is 0.235 e. The second-order valence-corrected chi connectivity index (χ2v) is 5.95. The summed E-state index contributed by atoms with van der Waals surface area (Å²) in [5.74, 6) is 0.509. The molecule has 0 saturated carbocycles. The van der Waals surface area contributed by atoms with E-state index in [0.717, 1.165) is 31.5 Å². The zero-order valence-corrected chi connectivity index (χ0v) is 9.63. The molecular weight excluding hydrogens is 212 g/mol. The topological polar surface area (TPSA) is 51.1 Å². The summed E-state index contributed by atoms with van der Waals surface area (Å²) in [5, 5.41) is 3.30. The van der Waals surface area contributed by atoms with Crippen molar-refractivity contribution in [1.82, 2.24) is 9.29 Å². The van der Waals surface area contributed by atoms with Crippen LogP contribution in [0.5, 0.6) is 0 Å². The SMILES string of the molecule is CS(=O)(=O)n1ccc(C2CCNCC2)c1. The molecule has 1 aromatic rings. The molecular formula is C10H16N2O2S. The molecule has 0 aliphatic carbocycles. The first-order valence-electron chi connectivity index (χ1n) is 5.16. The summed E-state index contributed by atoms with van der Waals surface area (Å²) in [6.45, 7) is 2.05. The lowest BCUT2D eigenvalue weighted by Gasteiger charge is -2.21. The summed E-state index contributed by atoms with van der Waals surface area (Å²) in [4.78, 5) is 0. The Hall–Kier alpha value is -0.810. The maximum Gasteiger partial charge on any atom is 0.235 e. The first-order valence-corrected chi connectivity index (χ1v) is 7.01. The van der Waals surface area contributed by atoms with E-state index in [0.29, 0.717) is 5.92 Å². The van der Waals surface area contributed by atoms with Crippen molar-refractivity contribution in [3.63, 3.8) is 0 Å². The zero-order chi connectivity index (χ0) is 10.9. The third kappa shape index (κ3) is 2.41. The Morgan fingerprint density at radius 3 is 2.60 bits per heavy atom. The average Bonchev–Trinajstić information content (AvgIpc) is 2.67. The zero-order valence-electron chi connectivity index (χ0n) is 8.81.